The van der Waals surface area contributed by atoms with Crippen molar-refractivity contribution in [1.82, 2.24) is 0 Å². The number of halogens is 3. The molecular formula is C9H6F3O4-. The molecule has 4 nitrogen and oxygen atoms in total. The van der Waals surface area contributed by atoms with Crippen LogP contribution >= 0.6 is 0 Å². The second-order valence-corrected chi connectivity index (χ2v) is 2.68. The normalized spacial score (nSPS) is 10.9. The molecule has 0 fully saturated rings. The number of carbonyl (C=O) groups excluding carboxylic acids is 1. The quantitative estimate of drug-likeness (QED) is 0.771. The highest BCUT2D eigenvalue weighted by Crippen LogP contribution is 2.24. The van der Waals surface area contributed by atoms with E-state index in [4.69, 9.17) is 0 Å². The van der Waals surface area contributed by atoms with Crippen LogP contribution in [0.3, 0.4) is 0 Å². The average Bonchev–Trinajstić information content (AvgIpc) is 2.14. The van der Waals surface area contributed by atoms with Crippen LogP contribution in [0, 0.1) is 0 Å². The predicted octanol–water partition coefficient (Wildman–Crippen LogP) is 0.714. The van der Waals surface area contributed by atoms with Crippen LogP contribution in [0.2, 0.25) is 0 Å². The Hall–Kier alpha value is -1.92. The molecular weight excluding hydrogens is 229 g/mol. The fourth-order valence-electron chi connectivity index (χ4n) is 0.880. The highest BCUT2D eigenvalue weighted by Gasteiger charge is 2.30. The summed E-state index contributed by atoms with van der Waals surface area (Å²) in [6.07, 6.45) is -4.76. The molecule has 0 bridgehead atoms. The maximum atomic E-state index is 11.8. The van der Waals surface area contributed by atoms with Crippen molar-refractivity contribution in [3.05, 3.63) is 24.3 Å². The first-order chi connectivity index (χ1) is 7.37. The van der Waals surface area contributed by atoms with Crippen LogP contribution < -0.4 is 14.6 Å². The number of hydrogen-bond acceptors (Lipinski definition) is 4. The maximum Gasteiger partial charge on any atom is 0.573 e. The Bertz CT molecular complexity index is 358. The number of hydrogen-bond donors (Lipinski definition) is 0. The van der Waals surface area contributed by atoms with Crippen LogP contribution in [-0.2, 0) is 4.79 Å². The van der Waals surface area contributed by atoms with Gasteiger partial charge >= 0.3 is 6.36 Å². The molecule has 0 N–H and O–H groups in total. The summed E-state index contributed by atoms with van der Waals surface area (Å²) in [6.45, 7) is -0.667. The summed E-state index contributed by atoms with van der Waals surface area (Å²) in [6, 6.07) is 4.34. The first-order valence-corrected chi connectivity index (χ1v) is 4.05. The first-order valence-electron chi connectivity index (χ1n) is 4.05. The third-order valence-electron chi connectivity index (χ3n) is 1.41. The second-order valence-electron chi connectivity index (χ2n) is 2.68. The summed E-state index contributed by atoms with van der Waals surface area (Å²) in [5, 5.41) is 10.0. The number of carbonyl (C=O) groups is 1. The van der Waals surface area contributed by atoms with Crippen molar-refractivity contribution in [2.75, 3.05) is 6.61 Å². The predicted molar refractivity (Wildman–Crippen MR) is 43.6 cm³/mol. The van der Waals surface area contributed by atoms with Gasteiger partial charge in [0.2, 0.25) is 0 Å². The minimum absolute atomic E-state index is 0.110. The monoisotopic (exact) mass is 235 g/mol. The zero-order valence-electron chi connectivity index (χ0n) is 7.78. The van der Waals surface area contributed by atoms with Gasteiger partial charge in [-0.3, -0.25) is 0 Å². The SMILES string of the molecule is O=C([O-])COc1ccc(OC(F)(F)F)cc1. The van der Waals surface area contributed by atoms with Gasteiger partial charge in [-0.05, 0) is 24.3 Å². The van der Waals surface area contributed by atoms with E-state index in [1.807, 2.05) is 0 Å². The van der Waals surface area contributed by atoms with E-state index < -0.39 is 24.7 Å². The molecule has 0 aromatic heterocycles. The molecule has 0 aliphatic rings. The maximum absolute atomic E-state index is 11.8. The summed E-state index contributed by atoms with van der Waals surface area (Å²) < 4.78 is 43.5. The molecule has 0 spiro atoms. The molecule has 0 radical (unpaired) electrons. The molecule has 16 heavy (non-hydrogen) atoms. The van der Waals surface area contributed by atoms with Crippen LogP contribution in [0.5, 0.6) is 11.5 Å². The highest BCUT2D eigenvalue weighted by molar-refractivity contribution is 5.66. The van der Waals surface area contributed by atoms with Gasteiger partial charge in [0.05, 0.1) is 5.97 Å². The van der Waals surface area contributed by atoms with E-state index >= 15 is 0 Å². The van der Waals surface area contributed by atoms with Crippen LogP contribution in [0.25, 0.3) is 0 Å². The number of alkyl halides is 3. The number of carboxylic acids is 1. The lowest BCUT2D eigenvalue weighted by Crippen LogP contribution is -2.28. The smallest absolute Gasteiger partial charge is 0.546 e. The number of carboxylic acid groups (broad SMARTS) is 1. The molecule has 1 aromatic rings. The molecule has 7 heteroatoms. The Morgan fingerprint density at radius 1 is 1.19 bits per heavy atom. The van der Waals surface area contributed by atoms with E-state index in [0.717, 1.165) is 24.3 Å². The summed E-state index contributed by atoms with van der Waals surface area (Å²) in [4.78, 5) is 10.0. The Labute approximate surface area is 88.2 Å². The number of ether oxygens (including phenoxy) is 2. The van der Waals surface area contributed by atoms with Crippen LogP contribution in [0.15, 0.2) is 24.3 Å². The topological polar surface area (TPSA) is 58.6 Å². The molecule has 1 rings (SSSR count). The zero-order valence-corrected chi connectivity index (χ0v) is 7.78. The Kier molecular flexibility index (Phi) is 3.60. The molecule has 0 amide bonds. The van der Waals surface area contributed by atoms with Gasteiger partial charge in [0.15, 0.2) is 0 Å². The standard InChI is InChI=1S/C9H7F3O4/c10-9(11,12)16-7-3-1-6(2-4-7)15-5-8(13)14/h1-4H,5H2,(H,13,14)/p-1. The largest absolute Gasteiger partial charge is 0.573 e. The molecule has 88 valence electrons. The highest BCUT2D eigenvalue weighted by atomic mass is 19.4. The lowest BCUT2D eigenvalue weighted by atomic mass is 10.3. The van der Waals surface area contributed by atoms with Crippen molar-refractivity contribution < 1.29 is 32.5 Å². The summed E-state index contributed by atoms with van der Waals surface area (Å²) in [5.41, 5.74) is 0. The molecule has 0 aliphatic heterocycles. The van der Waals surface area contributed by atoms with Crippen molar-refractivity contribution in [2.24, 2.45) is 0 Å². The average molecular weight is 235 g/mol. The molecule has 1 aromatic carbocycles. The van der Waals surface area contributed by atoms with E-state index in [-0.39, 0.29) is 5.75 Å². The lowest BCUT2D eigenvalue weighted by molar-refractivity contribution is -0.307. The fourth-order valence-corrected chi connectivity index (χ4v) is 0.880. The summed E-state index contributed by atoms with van der Waals surface area (Å²) >= 11 is 0. The first kappa shape index (κ1) is 12.2. The van der Waals surface area contributed by atoms with Crippen molar-refractivity contribution in [3.63, 3.8) is 0 Å². The third-order valence-corrected chi connectivity index (χ3v) is 1.41. The summed E-state index contributed by atoms with van der Waals surface area (Å²) in [5.74, 6) is -1.72. The van der Waals surface area contributed by atoms with Gasteiger partial charge in [-0.2, -0.15) is 0 Å². The van der Waals surface area contributed by atoms with Gasteiger partial charge in [-0.25, -0.2) is 0 Å². The van der Waals surface area contributed by atoms with Gasteiger partial charge in [-0.15, -0.1) is 13.2 Å². The van der Waals surface area contributed by atoms with E-state index in [1.54, 1.807) is 0 Å². The van der Waals surface area contributed by atoms with Gasteiger partial charge in [0.1, 0.15) is 18.1 Å². The van der Waals surface area contributed by atoms with E-state index in [9.17, 15) is 23.1 Å². The summed E-state index contributed by atoms with van der Waals surface area (Å²) in [7, 11) is 0. The van der Waals surface area contributed by atoms with E-state index in [2.05, 4.69) is 9.47 Å². The molecule has 0 atom stereocenters. The molecule has 0 saturated heterocycles. The number of aliphatic carboxylic acids is 1. The lowest BCUT2D eigenvalue weighted by Gasteiger charge is -2.10. The van der Waals surface area contributed by atoms with E-state index in [0.29, 0.717) is 0 Å². The van der Waals surface area contributed by atoms with Crippen LogP contribution in [0.4, 0.5) is 13.2 Å². The van der Waals surface area contributed by atoms with Crippen molar-refractivity contribution in [2.45, 2.75) is 6.36 Å². The van der Waals surface area contributed by atoms with Gasteiger partial charge in [0.25, 0.3) is 0 Å². The van der Waals surface area contributed by atoms with Crippen molar-refractivity contribution in [3.8, 4) is 11.5 Å². The molecule has 0 saturated carbocycles. The third kappa shape index (κ3) is 4.54. The minimum Gasteiger partial charge on any atom is -0.546 e. The number of benzene rings is 1. The van der Waals surface area contributed by atoms with Crippen molar-refractivity contribution in [1.29, 1.82) is 0 Å². The van der Waals surface area contributed by atoms with E-state index in [1.165, 1.54) is 0 Å². The van der Waals surface area contributed by atoms with Crippen molar-refractivity contribution >= 4 is 5.97 Å². The minimum atomic E-state index is -4.76. The van der Waals surface area contributed by atoms with Gasteiger partial charge in [0, 0.05) is 0 Å². The second kappa shape index (κ2) is 4.73. The van der Waals surface area contributed by atoms with Gasteiger partial charge < -0.3 is 19.4 Å². The molecule has 0 aliphatic carbocycles. The number of rotatable bonds is 4. The Morgan fingerprint density at radius 3 is 2.12 bits per heavy atom. The fraction of sp³-hybridized carbons (Fsp3) is 0.222. The molecule has 0 heterocycles. The van der Waals surface area contributed by atoms with Crippen LogP contribution in [0.1, 0.15) is 0 Å². The Morgan fingerprint density at radius 2 is 1.69 bits per heavy atom. The van der Waals surface area contributed by atoms with Gasteiger partial charge in [-0.1, -0.05) is 0 Å². The zero-order chi connectivity index (χ0) is 12.2. The van der Waals surface area contributed by atoms with Crippen LogP contribution in [-0.4, -0.2) is 18.9 Å². The Balaban J connectivity index is 2.57. The molecule has 0 unspecified atom stereocenters.